The van der Waals surface area contributed by atoms with E-state index >= 15 is 0 Å². The van der Waals surface area contributed by atoms with Crippen LogP contribution in [-0.4, -0.2) is 10.4 Å². The van der Waals surface area contributed by atoms with Crippen molar-refractivity contribution in [3.05, 3.63) is 53.6 Å². The number of anilines is 1. The molecule has 3 aromatic rings. The monoisotopic (exact) mass is 254 g/mol. The number of carbonyl (C=O) groups excluding carboxylic acids is 1. The number of fused-ring (bicyclic) bond motifs is 1. The van der Waals surface area contributed by atoms with Gasteiger partial charge in [-0.25, -0.2) is 0 Å². The van der Waals surface area contributed by atoms with Crippen LogP contribution in [0.4, 0.5) is 5.69 Å². The van der Waals surface area contributed by atoms with Gasteiger partial charge in [-0.1, -0.05) is 18.2 Å². The Morgan fingerprint density at radius 3 is 2.63 bits per heavy atom. The molecule has 0 aliphatic carbocycles. The van der Waals surface area contributed by atoms with E-state index in [1.807, 2.05) is 41.9 Å². The Kier molecular flexibility index (Phi) is 2.45. The lowest BCUT2D eigenvalue weighted by molar-refractivity contribution is 0.100. The SMILES string of the molecule is Cc1cc(N)c(C(=O)c2cc3ccccc3n2C)o1. The number of carbonyl (C=O) groups is 1. The normalized spacial score (nSPS) is 11.1. The molecule has 2 N–H and O–H groups in total. The van der Waals surface area contributed by atoms with Crippen LogP contribution in [0.1, 0.15) is 22.0 Å². The summed E-state index contributed by atoms with van der Waals surface area (Å²) in [5.74, 6) is 0.660. The number of aryl methyl sites for hydroxylation is 2. The topological polar surface area (TPSA) is 61.2 Å². The Balaban J connectivity index is 2.17. The quantitative estimate of drug-likeness (QED) is 0.715. The van der Waals surface area contributed by atoms with Crippen molar-refractivity contribution in [2.45, 2.75) is 6.92 Å². The predicted molar refractivity (Wildman–Crippen MR) is 74.2 cm³/mol. The summed E-state index contributed by atoms with van der Waals surface area (Å²) < 4.78 is 7.25. The van der Waals surface area contributed by atoms with E-state index in [1.54, 1.807) is 13.0 Å². The highest BCUT2D eigenvalue weighted by atomic mass is 16.3. The third kappa shape index (κ3) is 1.73. The number of rotatable bonds is 2. The third-order valence-electron chi connectivity index (χ3n) is 3.27. The van der Waals surface area contributed by atoms with Crippen molar-refractivity contribution in [2.75, 3.05) is 5.73 Å². The highest BCUT2D eigenvalue weighted by molar-refractivity contribution is 6.11. The first kappa shape index (κ1) is 11.6. The van der Waals surface area contributed by atoms with Crippen molar-refractivity contribution in [1.29, 1.82) is 0 Å². The molecule has 0 radical (unpaired) electrons. The Bertz CT molecular complexity index is 781. The van der Waals surface area contributed by atoms with Crippen LogP contribution in [0.5, 0.6) is 0 Å². The molecule has 4 heteroatoms. The lowest BCUT2D eigenvalue weighted by Gasteiger charge is -2.02. The number of nitrogen functional groups attached to an aromatic ring is 1. The maximum atomic E-state index is 12.5. The van der Waals surface area contributed by atoms with Crippen LogP contribution in [0, 0.1) is 6.92 Å². The van der Waals surface area contributed by atoms with Crippen LogP contribution in [-0.2, 0) is 7.05 Å². The molecular weight excluding hydrogens is 240 g/mol. The van der Waals surface area contributed by atoms with Crippen molar-refractivity contribution in [3.63, 3.8) is 0 Å². The third-order valence-corrected chi connectivity index (χ3v) is 3.27. The van der Waals surface area contributed by atoms with E-state index in [1.165, 1.54) is 0 Å². The second-order valence-electron chi connectivity index (χ2n) is 4.62. The molecule has 0 atom stereocenters. The first-order chi connectivity index (χ1) is 9.08. The first-order valence-corrected chi connectivity index (χ1v) is 6.03. The molecule has 96 valence electrons. The number of hydrogen-bond acceptors (Lipinski definition) is 3. The average molecular weight is 254 g/mol. The molecule has 0 amide bonds. The van der Waals surface area contributed by atoms with E-state index < -0.39 is 0 Å². The van der Waals surface area contributed by atoms with Crippen molar-refractivity contribution < 1.29 is 9.21 Å². The molecule has 4 nitrogen and oxygen atoms in total. The first-order valence-electron chi connectivity index (χ1n) is 6.03. The minimum atomic E-state index is -0.190. The van der Waals surface area contributed by atoms with Gasteiger partial charge in [0.05, 0.1) is 11.4 Å². The Morgan fingerprint density at radius 2 is 2.00 bits per heavy atom. The molecule has 0 bridgehead atoms. The molecule has 0 spiro atoms. The lowest BCUT2D eigenvalue weighted by atomic mass is 10.2. The maximum Gasteiger partial charge on any atom is 0.246 e. The number of furan rings is 1. The van der Waals surface area contributed by atoms with Crippen molar-refractivity contribution >= 4 is 22.4 Å². The van der Waals surface area contributed by atoms with Gasteiger partial charge in [-0.3, -0.25) is 4.79 Å². The van der Waals surface area contributed by atoms with Crippen molar-refractivity contribution in [1.82, 2.24) is 4.57 Å². The van der Waals surface area contributed by atoms with Gasteiger partial charge in [-0.05, 0) is 19.1 Å². The van der Waals surface area contributed by atoms with E-state index in [-0.39, 0.29) is 11.5 Å². The standard InChI is InChI=1S/C15H14N2O2/c1-9-7-11(16)15(19-9)14(18)13-8-10-5-3-4-6-12(10)17(13)2/h3-8H,16H2,1-2H3. The summed E-state index contributed by atoms with van der Waals surface area (Å²) in [5, 5.41) is 1.02. The fourth-order valence-corrected chi connectivity index (χ4v) is 2.33. The zero-order chi connectivity index (χ0) is 13.6. The van der Waals surface area contributed by atoms with Crippen LogP contribution in [0.3, 0.4) is 0 Å². The fraction of sp³-hybridized carbons (Fsp3) is 0.133. The molecule has 0 saturated carbocycles. The number of para-hydroxylation sites is 1. The summed E-state index contributed by atoms with van der Waals surface area (Å²) in [5.41, 5.74) is 7.76. The summed E-state index contributed by atoms with van der Waals surface area (Å²) in [4.78, 5) is 12.5. The molecule has 0 fully saturated rings. The van der Waals surface area contributed by atoms with Gasteiger partial charge < -0.3 is 14.7 Å². The van der Waals surface area contributed by atoms with Crippen LogP contribution >= 0.6 is 0 Å². The number of hydrogen-bond donors (Lipinski definition) is 1. The van der Waals surface area contributed by atoms with Crippen LogP contribution in [0.2, 0.25) is 0 Å². The molecule has 3 rings (SSSR count). The molecule has 0 unspecified atom stereocenters. The van der Waals surface area contributed by atoms with Gasteiger partial charge in [0.2, 0.25) is 5.78 Å². The molecule has 1 aromatic carbocycles. The molecule has 2 heterocycles. The van der Waals surface area contributed by atoms with E-state index in [4.69, 9.17) is 10.2 Å². The largest absolute Gasteiger partial charge is 0.456 e. The van der Waals surface area contributed by atoms with Crippen molar-refractivity contribution in [3.8, 4) is 0 Å². The van der Waals surface area contributed by atoms with Crippen LogP contribution in [0.15, 0.2) is 40.8 Å². The second kappa shape index (κ2) is 4.02. The highest BCUT2D eigenvalue weighted by Crippen LogP contribution is 2.24. The maximum absolute atomic E-state index is 12.5. The molecule has 0 aliphatic heterocycles. The number of aromatic nitrogens is 1. The molecule has 2 aromatic heterocycles. The van der Waals surface area contributed by atoms with E-state index in [9.17, 15) is 4.79 Å². The Labute approximate surface area is 110 Å². The van der Waals surface area contributed by atoms with Gasteiger partial charge >= 0.3 is 0 Å². The zero-order valence-electron chi connectivity index (χ0n) is 10.8. The minimum Gasteiger partial charge on any atom is -0.456 e. The number of ketones is 1. The van der Waals surface area contributed by atoms with Gasteiger partial charge in [0.1, 0.15) is 5.76 Å². The summed E-state index contributed by atoms with van der Waals surface area (Å²) in [6.07, 6.45) is 0. The van der Waals surface area contributed by atoms with E-state index in [0.717, 1.165) is 10.9 Å². The van der Waals surface area contributed by atoms with E-state index in [0.29, 0.717) is 17.1 Å². The second-order valence-corrected chi connectivity index (χ2v) is 4.62. The van der Waals surface area contributed by atoms with Crippen molar-refractivity contribution in [2.24, 2.45) is 7.05 Å². The smallest absolute Gasteiger partial charge is 0.246 e. The van der Waals surface area contributed by atoms with Gasteiger partial charge in [-0.2, -0.15) is 0 Å². The fourth-order valence-electron chi connectivity index (χ4n) is 2.33. The highest BCUT2D eigenvalue weighted by Gasteiger charge is 2.21. The Morgan fingerprint density at radius 1 is 1.26 bits per heavy atom. The summed E-state index contributed by atoms with van der Waals surface area (Å²) >= 11 is 0. The summed E-state index contributed by atoms with van der Waals surface area (Å²) in [6, 6.07) is 11.4. The summed E-state index contributed by atoms with van der Waals surface area (Å²) in [6.45, 7) is 1.77. The van der Waals surface area contributed by atoms with Crippen LogP contribution < -0.4 is 5.73 Å². The van der Waals surface area contributed by atoms with Gasteiger partial charge in [0, 0.05) is 24.0 Å². The molecule has 0 aliphatic rings. The molecule has 19 heavy (non-hydrogen) atoms. The predicted octanol–water partition coefficient (Wildman–Crippen LogP) is 2.89. The minimum absolute atomic E-state index is 0.190. The Hall–Kier alpha value is -2.49. The average Bonchev–Trinajstić information content (AvgIpc) is 2.90. The molecule has 0 saturated heterocycles. The lowest BCUT2D eigenvalue weighted by Crippen LogP contribution is -2.08. The molecular formula is C15H14N2O2. The zero-order valence-corrected chi connectivity index (χ0v) is 10.8. The number of nitrogens with two attached hydrogens (primary N) is 1. The number of benzene rings is 1. The summed E-state index contributed by atoms with van der Waals surface area (Å²) in [7, 11) is 1.86. The number of nitrogens with zero attached hydrogens (tertiary/aromatic N) is 1. The van der Waals surface area contributed by atoms with E-state index in [2.05, 4.69) is 0 Å². The van der Waals surface area contributed by atoms with Gasteiger partial charge in [0.15, 0.2) is 5.76 Å². The van der Waals surface area contributed by atoms with Crippen LogP contribution in [0.25, 0.3) is 10.9 Å². The van der Waals surface area contributed by atoms with Gasteiger partial charge in [0.25, 0.3) is 0 Å². The van der Waals surface area contributed by atoms with Gasteiger partial charge in [-0.15, -0.1) is 0 Å².